The minimum atomic E-state index is -1.46. The first-order chi connectivity index (χ1) is 23.9. The summed E-state index contributed by atoms with van der Waals surface area (Å²) < 4.78 is 0. The number of guanidine groups is 1. The molecule has 22 heteroatoms. The van der Waals surface area contributed by atoms with Gasteiger partial charge in [-0.25, -0.2) is 4.79 Å². The molecule has 0 spiro atoms. The smallest absolute Gasteiger partial charge is 0.326 e. The van der Waals surface area contributed by atoms with Gasteiger partial charge < -0.3 is 63.8 Å². The fraction of sp³-hybridized carbons (Fsp3) is 0.655. The number of aliphatic carboxylic acids is 2. The van der Waals surface area contributed by atoms with Gasteiger partial charge in [0.1, 0.15) is 30.2 Å². The monoisotopic (exact) mass is 727 g/mol. The lowest BCUT2D eigenvalue weighted by Crippen LogP contribution is -2.58. The number of amides is 7. The highest BCUT2D eigenvalue weighted by atomic mass is 16.4. The summed E-state index contributed by atoms with van der Waals surface area (Å²) >= 11 is 0. The molecule has 1 rings (SSSR count). The highest BCUT2D eigenvalue weighted by Gasteiger charge is 2.39. The lowest BCUT2D eigenvalue weighted by molar-refractivity contribution is -0.146. The van der Waals surface area contributed by atoms with Gasteiger partial charge in [0.2, 0.25) is 41.4 Å². The highest BCUT2D eigenvalue weighted by molar-refractivity contribution is 5.97. The SMILES string of the molecule is CC(C)[C@H](NC(=O)[C@@H]1CCCN1C(=O)[C@H](CC(=O)O)NC(=O)CN)C(=O)NCC(=O)N[C@@H](C)C(=O)NCC(=O)N[C@@H](CCCNC(=N)N)C(=O)O. The van der Waals surface area contributed by atoms with E-state index in [1.807, 2.05) is 0 Å². The summed E-state index contributed by atoms with van der Waals surface area (Å²) in [6.07, 6.45) is 0.174. The van der Waals surface area contributed by atoms with E-state index in [2.05, 4.69) is 37.2 Å². The van der Waals surface area contributed by atoms with E-state index in [1.165, 1.54) is 6.92 Å². The Morgan fingerprint density at radius 2 is 1.41 bits per heavy atom. The fourth-order valence-electron chi connectivity index (χ4n) is 4.90. The fourth-order valence-corrected chi connectivity index (χ4v) is 4.90. The van der Waals surface area contributed by atoms with Crippen molar-refractivity contribution >= 4 is 59.2 Å². The Kier molecular flexibility index (Phi) is 18.4. The molecule has 51 heavy (non-hydrogen) atoms. The first-order valence-electron chi connectivity index (χ1n) is 16.1. The molecule has 1 aliphatic heterocycles. The molecule has 0 aromatic carbocycles. The molecule has 0 aromatic rings. The van der Waals surface area contributed by atoms with Crippen LogP contribution in [0, 0.1) is 11.3 Å². The van der Waals surface area contributed by atoms with Crippen LogP contribution < -0.4 is 48.7 Å². The summed E-state index contributed by atoms with van der Waals surface area (Å²) in [7, 11) is 0. The Balaban J connectivity index is 2.67. The van der Waals surface area contributed by atoms with Crippen molar-refractivity contribution in [3.8, 4) is 0 Å². The van der Waals surface area contributed by atoms with Gasteiger partial charge in [0.25, 0.3) is 0 Å². The number of carbonyl (C=O) groups excluding carboxylic acids is 7. The topological polar surface area (TPSA) is 357 Å². The lowest BCUT2D eigenvalue weighted by atomic mass is 10.0. The molecule has 5 atom stereocenters. The van der Waals surface area contributed by atoms with Crippen molar-refractivity contribution in [1.82, 2.24) is 42.1 Å². The maximum atomic E-state index is 13.2. The second-order valence-electron chi connectivity index (χ2n) is 12.0. The molecule has 0 aliphatic carbocycles. The average molecular weight is 728 g/mol. The summed E-state index contributed by atoms with van der Waals surface area (Å²) in [5.74, 6) is -8.79. The Morgan fingerprint density at radius 1 is 0.824 bits per heavy atom. The summed E-state index contributed by atoms with van der Waals surface area (Å²) in [6, 6.07) is -6.10. The third kappa shape index (κ3) is 15.7. The molecule has 14 N–H and O–H groups in total. The van der Waals surface area contributed by atoms with Gasteiger partial charge in [-0.05, 0) is 38.5 Å². The number of nitrogens with two attached hydrogens (primary N) is 2. The van der Waals surface area contributed by atoms with Crippen LogP contribution in [0.2, 0.25) is 0 Å². The Bertz CT molecular complexity index is 1330. The molecule has 1 fully saturated rings. The van der Waals surface area contributed by atoms with Crippen molar-refractivity contribution in [3.05, 3.63) is 0 Å². The van der Waals surface area contributed by atoms with Gasteiger partial charge in [-0.2, -0.15) is 0 Å². The maximum absolute atomic E-state index is 13.2. The minimum absolute atomic E-state index is 0.0268. The lowest BCUT2D eigenvalue weighted by Gasteiger charge is -2.30. The number of hydrogen-bond acceptors (Lipinski definition) is 11. The van der Waals surface area contributed by atoms with Gasteiger partial charge in [-0.3, -0.25) is 43.8 Å². The summed E-state index contributed by atoms with van der Waals surface area (Å²) in [5.41, 5.74) is 10.4. The standard InChI is InChI=1S/C29H49N11O11/c1-14(2)23(39-25(47)18-7-5-9-40(18)27(49)17(10-22(44)45)38-19(41)11-30)26(48)35-12-20(42)36-15(3)24(46)34-13-21(43)37-16(28(50)51)6-4-8-33-29(31)32/h14-18,23H,4-13,30H2,1-3H3,(H,34,46)(H,35,48)(H,36,42)(H,37,43)(H,38,41)(H,39,47)(H,44,45)(H,50,51)(H4,31,32,33)/t15-,16-,17-,18-,23-/m0/s1. The van der Waals surface area contributed by atoms with Crippen LogP contribution in [-0.4, -0.2) is 137 Å². The Labute approximate surface area is 293 Å². The minimum Gasteiger partial charge on any atom is -0.481 e. The molecule has 0 bridgehead atoms. The number of carbonyl (C=O) groups is 9. The molecule has 7 amide bonds. The molecule has 286 valence electrons. The van der Waals surface area contributed by atoms with Gasteiger partial charge in [0.05, 0.1) is 26.1 Å². The molecular formula is C29H49N11O11. The summed E-state index contributed by atoms with van der Waals surface area (Å²) in [6.45, 7) is 3.21. The van der Waals surface area contributed by atoms with E-state index in [-0.39, 0.29) is 38.3 Å². The van der Waals surface area contributed by atoms with Crippen LogP contribution >= 0.6 is 0 Å². The van der Waals surface area contributed by atoms with Gasteiger partial charge in [-0.1, -0.05) is 13.8 Å². The molecule has 0 radical (unpaired) electrons. The van der Waals surface area contributed by atoms with Crippen molar-refractivity contribution in [2.45, 2.75) is 83.1 Å². The number of carboxylic acids is 2. The highest BCUT2D eigenvalue weighted by Crippen LogP contribution is 2.20. The van der Waals surface area contributed by atoms with E-state index in [1.54, 1.807) is 13.8 Å². The van der Waals surface area contributed by atoms with Gasteiger partial charge in [-0.15, -0.1) is 0 Å². The molecule has 1 heterocycles. The predicted octanol–water partition coefficient (Wildman–Crippen LogP) is -5.39. The van der Waals surface area contributed by atoms with Gasteiger partial charge in [0, 0.05) is 13.1 Å². The number of carboxylic acid groups (broad SMARTS) is 2. The third-order valence-electron chi connectivity index (χ3n) is 7.52. The van der Waals surface area contributed by atoms with Gasteiger partial charge >= 0.3 is 11.9 Å². The zero-order valence-corrected chi connectivity index (χ0v) is 28.7. The first-order valence-corrected chi connectivity index (χ1v) is 16.1. The molecule has 1 saturated heterocycles. The van der Waals surface area contributed by atoms with E-state index >= 15 is 0 Å². The molecule has 1 aliphatic rings. The average Bonchev–Trinajstić information content (AvgIpc) is 3.55. The number of hydrogen-bond donors (Lipinski definition) is 12. The largest absolute Gasteiger partial charge is 0.481 e. The van der Waals surface area contributed by atoms with Crippen molar-refractivity contribution in [2.24, 2.45) is 17.4 Å². The van der Waals surface area contributed by atoms with E-state index in [0.717, 1.165) is 4.90 Å². The van der Waals surface area contributed by atoms with Crippen LogP contribution in [0.25, 0.3) is 0 Å². The summed E-state index contributed by atoms with van der Waals surface area (Å²) in [5, 5.41) is 42.2. The van der Waals surface area contributed by atoms with E-state index < -0.39 is 115 Å². The third-order valence-corrected chi connectivity index (χ3v) is 7.52. The van der Waals surface area contributed by atoms with E-state index in [9.17, 15) is 53.4 Å². The molecule has 0 unspecified atom stereocenters. The van der Waals surface area contributed by atoms with Crippen LogP contribution in [0.3, 0.4) is 0 Å². The van der Waals surface area contributed by atoms with E-state index in [4.69, 9.17) is 16.9 Å². The zero-order chi connectivity index (χ0) is 38.8. The molecule has 22 nitrogen and oxygen atoms in total. The predicted molar refractivity (Wildman–Crippen MR) is 177 cm³/mol. The van der Waals surface area contributed by atoms with Crippen LogP contribution in [0.15, 0.2) is 0 Å². The van der Waals surface area contributed by atoms with Crippen molar-refractivity contribution in [3.63, 3.8) is 0 Å². The van der Waals surface area contributed by atoms with Crippen LogP contribution in [0.4, 0.5) is 0 Å². The normalized spacial score (nSPS) is 16.0. The zero-order valence-electron chi connectivity index (χ0n) is 28.7. The van der Waals surface area contributed by atoms with Crippen LogP contribution in [0.1, 0.15) is 52.9 Å². The van der Waals surface area contributed by atoms with Gasteiger partial charge in [0.15, 0.2) is 5.96 Å². The second kappa shape index (κ2) is 21.5. The molecular weight excluding hydrogens is 678 g/mol. The van der Waals surface area contributed by atoms with Crippen molar-refractivity contribution < 1.29 is 53.4 Å². The maximum Gasteiger partial charge on any atom is 0.326 e. The summed E-state index contributed by atoms with van der Waals surface area (Å²) in [4.78, 5) is 112. The number of likely N-dealkylation sites (tertiary alicyclic amines) is 1. The first kappa shape index (κ1) is 43.5. The molecule has 0 aromatic heterocycles. The Morgan fingerprint density at radius 3 is 1.96 bits per heavy atom. The number of nitrogens with zero attached hydrogens (tertiary/aromatic N) is 1. The second-order valence-corrected chi connectivity index (χ2v) is 12.0. The Hall–Kier alpha value is -5.54. The van der Waals surface area contributed by atoms with E-state index in [0.29, 0.717) is 6.42 Å². The van der Waals surface area contributed by atoms with Crippen molar-refractivity contribution in [2.75, 3.05) is 32.7 Å². The molecule has 0 saturated carbocycles. The van der Waals surface area contributed by atoms with Crippen molar-refractivity contribution in [1.29, 1.82) is 5.41 Å². The number of nitrogens with one attached hydrogen (secondary N) is 8. The quantitative estimate of drug-likeness (QED) is 0.0298. The van der Waals surface area contributed by atoms with Crippen LogP contribution in [-0.2, 0) is 43.2 Å². The van der Waals surface area contributed by atoms with Crippen LogP contribution in [0.5, 0.6) is 0 Å². The number of rotatable bonds is 21.